The molecule has 0 aromatic carbocycles. The topological polar surface area (TPSA) is 38.3 Å². The largest absolute Gasteiger partial charge is 0.468 e. The smallest absolute Gasteiger partial charge is 0.325 e. The number of carbonyl (C=O) groups is 1. The maximum Gasteiger partial charge on any atom is 0.325 e. The summed E-state index contributed by atoms with van der Waals surface area (Å²) in [6, 6.07) is 4.02. The van der Waals surface area contributed by atoms with Gasteiger partial charge in [0.15, 0.2) is 0 Å². The number of nitrogens with one attached hydrogen (secondary N) is 1. The summed E-state index contributed by atoms with van der Waals surface area (Å²) in [6.45, 7) is 4.28. The van der Waals surface area contributed by atoms with Crippen LogP contribution in [-0.4, -0.2) is 18.6 Å². The van der Waals surface area contributed by atoms with Crippen molar-refractivity contribution in [3.05, 3.63) is 20.8 Å². The first kappa shape index (κ1) is 12.7. The lowest BCUT2D eigenvalue weighted by Crippen LogP contribution is -2.46. The highest BCUT2D eigenvalue weighted by Crippen LogP contribution is 2.22. The summed E-state index contributed by atoms with van der Waals surface area (Å²) in [5.74, 6) is -0.252. The lowest BCUT2D eigenvalue weighted by atomic mass is 10.1. The highest BCUT2D eigenvalue weighted by atomic mass is 79.9. The van der Waals surface area contributed by atoms with Crippen LogP contribution >= 0.6 is 27.3 Å². The Morgan fingerprint density at radius 1 is 1.60 bits per heavy atom. The van der Waals surface area contributed by atoms with Crippen LogP contribution in [0.5, 0.6) is 0 Å². The van der Waals surface area contributed by atoms with Crippen LogP contribution in [0.15, 0.2) is 15.9 Å². The van der Waals surface area contributed by atoms with Crippen molar-refractivity contribution in [2.24, 2.45) is 0 Å². The zero-order valence-corrected chi connectivity index (χ0v) is 11.4. The van der Waals surface area contributed by atoms with E-state index < -0.39 is 5.54 Å². The van der Waals surface area contributed by atoms with Crippen molar-refractivity contribution in [3.8, 4) is 0 Å². The molecule has 0 saturated carbocycles. The van der Waals surface area contributed by atoms with Crippen molar-refractivity contribution in [2.75, 3.05) is 7.11 Å². The molecule has 1 aromatic heterocycles. The molecule has 0 amide bonds. The fourth-order valence-corrected chi connectivity index (χ4v) is 2.51. The minimum atomic E-state index is -0.648. The fraction of sp³-hybridized carbons (Fsp3) is 0.500. The van der Waals surface area contributed by atoms with Gasteiger partial charge in [-0.3, -0.25) is 10.1 Å². The molecule has 0 atom stereocenters. The van der Waals surface area contributed by atoms with E-state index in [9.17, 15) is 4.79 Å². The van der Waals surface area contributed by atoms with Gasteiger partial charge in [-0.25, -0.2) is 0 Å². The van der Waals surface area contributed by atoms with Crippen LogP contribution in [0.1, 0.15) is 18.7 Å². The Hall–Kier alpha value is -0.390. The summed E-state index contributed by atoms with van der Waals surface area (Å²) in [4.78, 5) is 12.5. The van der Waals surface area contributed by atoms with Gasteiger partial charge < -0.3 is 4.74 Å². The second kappa shape index (κ2) is 5.09. The molecule has 0 bridgehead atoms. The normalized spacial score (nSPS) is 11.5. The number of ether oxygens (including phenoxy) is 1. The number of hydrogen-bond acceptors (Lipinski definition) is 4. The van der Waals surface area contributed by atoms with Gasteiger partial charge >= 0.3 is 5.97 Å². The molecule has 5 heteroatoms. The van der Waals surface area contributed by atoms with Crippen LogP contribution in [0, 0.1) is 0 Å². The molecule has 0 aliphatic heterocycles. The minimum Gasteiger partial charge on any atom is -0.468 e. The average molecular weight is 292 g/mol. The van der Waals surface area contributed by atoms with Gasteiger partial charge in [0.05, 0.1) is 10.9 Å². The number of halogens is 1. The average Bonchev–Trinajstić information content (AvgIpc) is 2.60. The Labute approximate surface area is 102 Å². The number of hydrogen-bond donors (Lipinski definition) is 1. The molecule has 15 heavy (non-hydrogen) atoms. The van der Waals surface area contributed by atoms with Crippen molar-refractivity contribution >= 4 is 33.2 Å². The monoisotopic (exact) mass is 291 g/mol. The maximum absolute atomic E-state index is 11.4. The van der Waals surface area contributed by atoms with Gasteiger partial charge in [0.1, 0.15) is 5.54 Å². The summed E-state index contributed by atoms with van der Waals surface area (Å²) in [7, 11) is 1.40. The second-order valence-electron chi connectivity index (χ2n) is 3.68. The molecule has 0 saturated heterocycles. The molecule has 3 nitrogen and oxygen atoms in total. The molecule has 1 aromatic rings. The predicted octanol–water partition coefficient (Wildman–Crippen LogP) is 2.55. The van der Waals surface area contributed by atoms with E-state index in [0.29, 0.717) is 6.54 Å². The molecule has 1 heterocycles. The third-order valence-electron chi connectivity index (χ3n) is 2.03. The van der Waals surface area contributed by atoms with Crippen molar-refractivity contribution in [2.45, 2.75) is 25.9 Å². The Bertz CT molecular complexity index is 349. The van der Waals surface area contributed by atoms with Gasteiger partial charge in [-0.05, 0) is 41.9 Å². The third kappa shape index (κ3) is 3.59. The summed E-state index contributed by atoms with van der Waals surface area (Å²) < 4.78 is 5.79. The zero-order valence-electron chi connectivity index (χ0n) is 8.96. The number of carbonyl (C=O) groups excluding carboxylic acids is 1. The first-order valence-electron chi connectivity index (χ1n) is 4.53. The molecule has 1 rings (SSSR count). The first-order chi connectivity index (χ1) is 6.95. The van der Waals surface area contributed by atoms with Crippen LogP contribution < -0.4 is 5.32 Å². The van der Waals surface area contributed by atoms with Gasteiger partial charge in [-0.1, -0.05) is 0 Å². The highest BCUT2D eigenvalue weighted by Gasteiger charge is 2.27. The summed E-state index contributed by atoms with van der Waals surface area (Å²) >= 11 is 5.04. The van der Waals surface area contributed by atoms with Crippen molar-refractivity contribution < 1.29 is 9.53 Å². The minimum absolute atomic E-state index is 0.252. The van der Waals surface area contributed by atoms with E-state index in [2.05, 4.69) is 21.2 Å². The molecule has 0 unspecified atom stereocenters. The van der Waals surface area contributed by atoms with Crippen molar-refractivity contribution in [3.63, 3.8) is 0 Å². The number of thiophene rings is 1. The lowest BCUT2D eigenvalue weighted by molar-refractivity contribution is -0.147. The van der Waals surface area contributed by atoms with E-state index >= 15 is 0 Å². The van der Waals surface area contributed by atoms with Crippen LogP contribution in [0.2, 0.25) is 0 Å². The Morgan fingerprint density at radius 3 is 2.73 bits per heavy atom. The van der Waals surface area contributed by atoms with E-state index in [0.717, 1.165) is 3.79 Å². The van der Waals surface area contributed by atoms with Crippen LogP contribution in [0.4, 0.5) is 0 Å². The Morgan fingerprint density at radius 2 is 2.27 bits per heavy atom. The number of methoxy groups -OCH3 is 1. The van der Waals surface area contributed by atoms with Gasteiger partial charge in [0, 0.05) is 11.4 Å². The fourth-order valence-electron chi connectivity index (χ4n) is 1.08. The van der Waals surface area contributed by atoms with Crippen molar-refractivity contribution in [1.29, 1.82) is 0 Å². The highest BCUT2D eigenvalue weighted by molar-refractivity contribution is 9.11. The van der Waals surface area contributed by atoms with E-state index in [1.165, 1.54) is 12.0 Å². The summed E-state index contributed by atoms with van der Waals surface area (Å²) in [5, 5.41) is 3.15. The number of rotatable bonds is 4. The van der Waals surface area contributed by atoms with Gasteiger partial charge in [0.2, 0.25) is 0 Å². The van der Waals surface area contributed by atoms with Crippen LogP contribution in [0.3, 0.4) is 0 Å². The van der Waals surface area contributed by atoms with E-state index in [-0.39, 0.29) is 5.97 Å². The molecule has 1 N–H and O–H groups in total. The number of esters is 1. The lowest BCUT2D eigenvalue weighted by Gasteiger charge is -2.22. The van der Waals surface area contributed by atoms with Gasteiger partial charge in [-0.2, -0.15) is 0 Å². The predicted molar refractivity (Wildman–Crippen MR) is 65.0 cm³/mol. The Balaban J connectivity index is 2.53. The van der Waals surface area contributed by atoms with Crippen LogP contribution in [0.25, 0.3) is 0 Å². The molecule has 0 spiro atoms. The quantitative estimate of drug-likeness (QED) is 0.867. The standard InChI is InChI=1S/C10H14BrNO2S/c1-10(2,9(13)14-3)12-6-7-4-5-8(11)15-7/h4-5,12H,6H2,1-3H3. The van der Waals surface area contributed by atoms with E-state index in [1.54, 1.807) is 11.3 Å². The van der Waals surface area contributed by atoms with Gasteiger partial charge in [-0.15, -0.1) is 11.3 Å². The third-order valence-corrected chi connectivity index (χ3v) is 3.65. The zero-order chi connectivity index (χ0) is 11.5. The molecule has 0 aliphatic rings. The molecule has 0 radical (unpaired) electrons. The summed E-state index contributed by atoms with van der Waals surface area (Å²) in [5.41, 5.74) is -0.648. The molecule has 84 valence electrons. The van der Waals surface area contributed by atoms with Crippen LogP contribution in [-0.2, 0) is 16.1 Å². The molecular weight excluding hydrogens is 278 g/mol. The van der Waals surface area contributed by atoms with Gasteiger partial charge in [0.25, 0.3) is 0 Å². The molecule has 0 fully saturated rings. The molecular formula is C10H14BrNO2S. The first-order valence-corrected chi connectivity index (χ1v) is 6.14. The Kier molecular flexibility index (Phi) is 4.31. The second-order valence-corrected chi connectivity index (χ2v) is 6.22. The maximum atomic E-state index is 11.4. The van der Waals surface area contributed by atoms with E-state index in [1.807, 2.05) is 26.0 Å². The molecule has 0 aliphatic carbocycles. The van der Waals surface area contributed by atoms with Crippen molar-refractivity contribution in [1.82, 2.24) is 5.32 Å². The SMILES string of the molecule is COC(=O)C(C)(C)NCc1ccc(Br)s1. The summed E-state index contributed by atoms with van der Waals surface area (Å²) in [6.07, 6.45) is 0. The van der Waals surface area contributed by atoms with E-state index in [4.69, 9.17) is 4.74 Å².